The Morgan fingerprint density at radius 1 is 1.72 bits per heavy atom. The standard InChI is InChI=1S/C9H10N4O4S/c1-11(5-6(14)17-2)7-8(13(15)16)12-3-4-18-9(12)10-7/h3-4H,5H2,1-2H3. The molecule has 0 fully saturated rings. The number of methoxy groups -OCH3 is 1. The second-order valence-electron chi connectivity index (χ2n) is 3.50. The van der Waals surface area contributed by atoms with Crippen molar-refractivity contribution in [1.82, 2.24) is 9.38 Å². The molecule has 0 saturated carbocycles. The van der Waals surface area contributed by atoms with Crippen molar-refractivity contribution in [3.8, 4) is 0 Å². The lowest BCUT2D eigenvalue weighted by Crippen LogP contribution is -2.27. The molecular weight excluding hydrogens is 260 g/mol. The van der Waals surface area contributed by atoms with Gasteiger partial charge in [-0.1, -0.05) is 11.3 Å². The van der Waals surface area contributed by atoms with Gasteiger partial charge in [0.2, 0.25) is 5.82 Å². The van der Waals surface area contributed by atoms with E-state index in [0.29, 0.717) is 4.96 Å². The van der Waals surface area contributed by atoms with Crippen molar-refractivity contribution < 1.29 is 14.5 Å². The molecule has 0 bridgehead atoms. The Morgan fingerprint density at radius 3 is 3.06 bits per heavy atom. The lowest BCUT2D eigenvalue weighted by atomic mass is 10.5. The van der Waals surface area contributed by atoms with Crippen LogP contribution in [0.15, 0.2) is 11.6 Å². The van der Waals surface area contributed by atoms with Gasteiger partial charge in [-0.05, 0) is 4.92 Å². The number of anilines is 1. The first kappa shape index (κ1) is 12.3. The van der Waals surface area contributed by atoms with Crippen LogP contribution >= 0.6 is 11.3 Å². The first-order valence-corrected chi connectivity index (χ1v) is 5.80. The summed E-state index contributed by atoms with van der Waals surface area (Å²) in [6.45, 7) is -0.0951. The summed E-state index contributed by atoms with van der Waals surface area (Å²) < 4.78 is 5.90. The van der Waals surface area contributed by atoms with Crippen molar-refractivity contribution >= 4 is 33.9 Å². The van der Waals surface area contributed by atoms with Gasteiger partial charge < -0.3 is 19.8 Å². The van der Waals surface area contributed by atoms with Crippen LogP contribution in [0.3, 0.4) is 0 Å². The van der Waals surface area contributed by atoms with E-state index in [0.717, 1.165) is 0 Å². The Balaban J connectivity index is 2.43. The third-order valence-electron chi connectivity index (χ3n) is 2.35. The summed E-state index contributed by atoms with van der Waals surface area (Å²) in [7, 11) is 2.81. The van der Waals surface area contributed by atoms with E-state index >= 15 is 0 Å². The fourth-order valence-corrected chi connectivity index (χ4v) is 2.23. The van der Waals surface area contributed by atoms with Crippen LogP contribution in [0.5, 0.6) is 0 Å². The van der Waals surface area contributed by atoms with Gasteiger partial charge in [0.05, 0.1) is 7.11 Å². The van der Waals surface area contributed by atoms with Gasteiger partial charge in [0.1, 0.15) is 12.7 Å². The van der Waals surface area contributed by atoms with Crippen molar-refractivity contribution in [2.75, 3.05) is 25.6 Å². The minimum Gasteiger partial charge on any atom is -0.468 e. The zero-order valence-corrected chi connectivity index (χ0v) is 10.5. The highest BCUT2D eigenvalue weighted by molar-refractivity contribution is 7.15. The molecule has 9 heteroatoms. The largest absolute Gasteiger partial charge is 0.468 e. The summed E-state index contributed by atoms with van der Waals surface area (Å²) >= 11 is 1.29. The van der Waals surface area contributed by atoms with Crippen LogP contribution < -0.4 is 4.90 Å². The first-order valence-electron chi connectivity index (χ1n) is 4.92. The van der Waals surface area contributed by atoms with Crippen molar-refractivity contribution in [3.05, 3.63) is 21.7 Å². The molecular formula is C9H10N4O4S. The summed E-state index contributed by atoms with van der Waals surface area (Å²) in [6.07, 6.45) is 1.57. The molecule has 0 aliphatic heterocycles. The molecule has 2 rings (SSSR count). The molecule has 0 spiro atoms. The molecule has 96 valence electrons. The van der Waals surface area contributed by atoms with E-state index in [1.54, 1.807) is 18.6 Å². The number of esters is 1. The summed E-state index contributed by atoms with van der Waals surface area (Å²) in [6, 6.07) is 0. The predicted octanol–water partition coefficient (Wildman–Crippen LogP) is 0.913. The fraction of sp³-hybridized carbons (Fsp3) is 0.333. The highest BCUT2D eigenvalue weighted by Gasteiger charge is 2.27. The Kier molecular flexibility index (Phi) is 3.15. The molecule has 0 atom stereocenters. The van der Waals surface area contributed by atoms with Crippen molar-refractivity contribution in [3.63, 3.8) is 0 Å². The number of nitrogens with zero attached hydrogens (tertiary/aromatic N) is 4. The zero-order chi connectivity index (χ0) is 13.3. The highest BCUT2D eigenvalue weighted by atomic mass is 32.1. The van der Waals surface area contributed by atoms with E-state index in [1.165, 1.54) is 27.7 Å². The van der Waals surface area contributed by atoms with Crippen LogP contribution in [0.2, 0.25) is 0 Å². The molecule has 2 aromatic rings. The molecule has 2 heterocycles. The number of hydrogen-bond donors (Lipinski definition) is 0. The first-order chi connectivity index (χ1) is 8.54. The summed E-state index contributed by atoms with van der Waals surface area (Å²) in [5.41, 5.74) is 0. The molecule has 0 N–H and O–H groups in total. The van der Waals surface area contributed by atoms with Crippen LogP contribution in [-0.4, -0.2) is 41.0 Å². The van der Waals surface area contributed by atoms with E-state index in [2.05, 4.69) is 9.72 Å². The molecule has 0 amide bonds. The lowest BCUT2D eigenvalue weighted by molar-refractivity contribution is -0.389. The van der Waals surface area contributed by atoms with Crippen LogP contribution in [0.1, 0.15) is 0 Å². The summed E-state index contributed by atoms with van der Waals surface area (Å²) in [5, 5.41) is 12.8. The number of carbonyl (C=O) groups excluding carboxylic acids is 1. The van der Waals surface area contributed by atoms with Gasteiger partial charge in [-0.15, -0.1) is 0 Å². The number of fused-ring (bicyclic) bond motifs is 1. The maximum absolute atomic E-state index is 11.2. The second kappa shape index (κ2) is 4.61. The third kappa shape index (κ3) is 1.99. The van der Waals surface area contributed by atoms with E-state index < -0.39 is 10.9 Å². The van der Waals surface area contributed by atoms with Gasteiger partial charge in [0.25, 0.3) is 4.96 Å². The lowest BCUT2D eigenvalue weighted by Gasteiger charge is -2.13. The van der Waals surface area contributed by atoms with Crippen molar-refractivity contribution in [2.24, 2.45) is 0 Å². The number of rotatable bonds is 4. The number of hydrogen-bond acceptors (Lipinski definition) is 7. The van der Waals surface area contributed by atoms with E-state index in [1.807, 2.05) is 0 Å². The Labute approximate surface area is 106 Å². The minimum atomic E-state index is -0.518. The topological polar surface area (TPSA) is 90.0 Å². The van der Waals surface area contributed by atoms with Crippen molar-refractivity contribution in [2.45, 2.75) is 0 Å². The molecule has 2 aromatic heterocycles. The predicted molar refractivity (Wildman–Crippen MR) is 65.0 cm³/mol. The number of imidazole rings is 1. The third-order valence-corrected chi connectivity index (χ3v) is 3.10. The zero-order valence-electron chi connectivity index (χ0n) is 9.69. The SMILES string of the molecule is COC(=O)CN(C)c1nc2sccn2c1[N+](=O)[O-]. The number of aromatic nitrogens is 2. The van der Waals surface area contributed by atoms with E-state index in [-0.39, 0.29) is 18.2 Å². The molecule has 0 saturated heterocycles. The molecule has 0 aliphatic carbocycles. The van der Waals surface area contributed by atoms with Gasteiger partial charge in [0, 0.05) is 12.4 Å². The quantitative estimate of drug-likeness (QED) is 0.466. The van der Waals surface area contributed by atoms with E-state index in [9.17, 15) is 14.9 Å². The van der Waals surface area contributed by atoms with Gasteiger partial charge in [0.15, 0.2) is 0 Å². The average molecular weight is 270 g/mol. The van der Waals surface area contributed by atoms with Gasteiger partial charge in [-0.2, -0.15) is 9.38 Å². The number of nitro groups is 1. The molecule has 0 aliphatic rings. The van der Waals surface area contributed by atoms with Crippen LogP contribution in [0.25, 0.3) is 4.96 Å². The molecule has 8 nitrogen and oxygen atoms in total. The second-order valence-corrected chi connectivity index (χ2v) is 4.38. The highest BCUT2D eigenvalue weighted by Crippen LogP contribution is 2.30. The maximum atomic E-state index is 11.2. The number of thiazole rings is 1. The molecule has 0 unspecified atom stereocenters. The Bertz CT molecular complexity index is 605. The number of carbonyl (C=O) groups is 1. The fourth-order valence-electron chi connectivity index (χ4n) is 1.52. The maximum Gasteiger partial charge on any atom is 0.373 e. The van der Waals surface area contributed by atoms with Crippen LogP contribution in [0.4, 0.5) is 11.6 Å². The Hall–Kier alpha value is -2.16. The summed E-state index contributed by atoms with van der Waals surface area (Å²) in [5.74, 6) is -0.488. The smallest absolute Gasteiger partial charge is 0.373 e. The van der Waals surface area contributed by atoms with Crippen LogP contribution in [-0.2, 0) is 9.53 Å². The number of ether oxygens (including phenoxy) is 1. The monoisotopic (exact) mass is 270 g/mol. The summed E-state index contributed by atoms with van der Waals surface area (Å²) in [4.78, 5) is 27.7. The molecule has 0 radical (unpaired) electrons. The van der Waals surface area contributed by atoms with Gasteiger partial charge in [-0.3, -0.25) is 4.79 Å². The van der Waals surface area contributed by atoms with E-state index in [4.69, 9.17) is 0 Å². The normalized spacial score (nSPS) is 10.6. The molecule has 0 aromatic carbocycles. The van der Waals surface area contributed by atoms with Gasteiger partial charge >= 0.3 is 11.8 Å². The Morgan fingerprint density at radius 2 is 2.44 bits per heavy atom. The van der Waals surface area contributed by atoms with Gasteiger partial charge in [-0.25, -0.2) is 0 Å². The number of likely N-dealkylation sites (N-methyl/N-ethyl adjacent to an activating group) is 1. The van der Waals surface area contributed by atoms with Crippen LogP contribution in [0, 0.1) is 10.1 Å². The molecule has 18 heavy (non-hydrogen) atoms. The van der Waals surface area contributed by atoms with Crippen molar-refractivity contribution in [1.29, 1.82) is 0 Å². The average Bonchev–Trinajstić information content (AvgIpc) is 2.86. The minimum absolute atomic E-state index is 0.0951.